The summed E-state index contributed by atoms with van der Waals surface area (Å²) in [6.45, 7) is 8.15. The fourth-order valence-corrected chi connectivity index (χ4v) is 2.39. The van der Waals surface area contributed by atoms with E-state index in [0.717, 1.165) is 29.9 Å². The average Bonchev–Trinajstić information content (AvgIpc) is 2.56. The molecule has 1 amide bonds. The molecule has 0 aliphatic heterocycles. The molecule has 2 aromatic rings. The fraction of sp³-hybridized carbons (Fsp3) is 0.263. The van der Waals surface area contributed by atoms with Crippen LogP contribution in [-0.2, 0) is 0 Å². The number of nitrogens with one attached hydrogen (secondary N) is 1. The van der Waals surface area contributed by atoms with Gasteiger partial charge in [-0.3, -0.25) is 4.79 Å². The number of aryl methyl sites for hydroxylation is 1. The summed E-state index contributed by atoms with van der Waals surface area (Å²) in [6.07, 6.45) is 1.65. The maximum Gasteiger partial charge on any atom is 0.271 e. The standard InChI is InChI=1S/C19H23N3O/c1-4-22(5-2)18-11-9-17(10-12-18)19(23)21-20-14-16-8-6-7-15(3)13-16/h6-14H,4-5H2,1-3H3,(H,21,23)/b20-14-. The smallest absolute Gasteiger partial charge is 0.271 e. The molecule has 120 valence electrons. The second-order valence-corrected chi connectivity index (χ2v) is 5.33. The number of benzene rings is 2. The molecule has 0 spiro atoms. The molecule has 0 bridgehead atoms. The third-order valence-electron chi connectivity index (χ3n) is 3.68. The first kappa shape index (κ1) is 16.7. The Morgan fingerprint density at radius 3 is 2.43 bits per heavy atom. The average molecular weight is 309 g/mol. The van der Waals surface area contributed by atoms with Crippen LogP contribution in [0.3, 0.4) is 0 Å². The molecule has 0 aliphatic carbocycles. The van der Waals surface area contributed by atoms with Crippen molar-refractivity contribution in [1.82, 2.24) is 5.43 Å². The highest BCUT2D eigenvalue weighted by atomic mass is 16.2. The summed E-state index contributed by atoms with van der Waals surface area (Å²) in [6, 6.07) is 15.5. The molecule has 0 aromatic heterocycles. The summed E-state index contributed by atoms with van der Waals surface area (Å²) >= 11 is 0. The molecule has 0 aliphatic rings. The number of rotatable bonds is 6. The van der Waals surface area contributed by atoms with Gasteiger partial charge in [-0.1, -0.05) is 29.8 Å². The van der Waals surface area contributed by atoms with E-state index in [1.165, 1.54) is 0 Å². The number of hydrogen-bond acceptors (Lipinski definition) is 3. The molecule has 4 heteroatoms. The fourth-order valence-electron chi connectivity index (χ4n) is 2.39. The lowest BCUT2D eigenvalue weighted by atomic mass is 10.1. The van der Waals surface area contributed by atoms with Gasteiger partial charge in [0.1, 0.15) is 0 Å². The van der Waals surface area contributed by atoms with E-state index in [9.17, 15) is 4.79 Å². The van der Waals surface area contributed by atoms with E-state index in [-0.39, 0.29) is 5.91 Å². The quantitative estimate of drug-likeness (QED) is 0.654. The number of nitrogens with zero attached hydrogens (tertiary/aromatic N) is 2. The maximum absolute atomic E-state index is 12.1. The number of carbonyl (C=O) groups is 1. The van der Waals surface area contributed by atoms with Crippen LogP contribution in [0.4, 0.5) is 5.69 Å². The van der Waals surface area contributed by atoms with Crippen molar-refractivity contribution in [3.63, 3.8) is 0 Å². The Balaban J connectivity index is 1.98. The Hall–Kier alpha value is -2.62. The molecule has 1 N–H and O–H groups in total. The molecule has 0 saturated carbocycles. The molecule has 0 saturated heterocycles. The highest BCUT2D eigenvalue weighted by Crippen LogP contribution is 2.14. The van der Waals surface area contributed by atoms with E-state index < -0.39 is 0 Å². The van der Waals surface area contributed by atoms with Crippen molar-refractivity contribution in [2.75, 3.05) is 18.0 Å². The summed E-state index contributed by atoms with van der Waals surface area (Å²) in [5.74, 6) is -0.208. The third kappa shape index (κ3) is 4.68. The Morgan fingerprint density at radius 2 is 1.83 bits per heavy atom. The van der Waals surface area contributed by atoms with Gasteiger partial charge >= 0.3 is 0 Å². The SMILES string of the molecule is CCN(CC)c1ccc(C(=O)N/N=C\c2cccc(C)c2)cc1. The van der Waals surface area contributed by atoms with Crippen LogP contribution in [0, 0.1) is 6.92 Å². The molecule has 4 nitrogen and oxygen atoms in total. The van der Waals surface area contributed by atoms with Crippen molar-refractivity contribution < 1.29 is 4.79 Å². The number of hydrazone groups is 1. The third-order valence-corrected chi connectivity index (χ3v) is 3.68. The van der Waals surface area contributed by atoms with Crippen molar-refractivity contribution in [3.8, 4) is 0 Å². The van der Waals surface area contributed by atoms with Crippen LogP contribution in [0.1, 0.15) is 35.3 Å². The van der Waals surface area contributed by atoms with E-state index in [4.69, 9.17) is 0 Å². The van der Waals surface area contributed by atoms with Gasteiger partial charge in [-0.25, -0.2) is 5.43 Å². The van der Waals surface area contributed by atoms with Crippen LogP contribution >= 0.6 is 0 Å². The van der Waals surface area contributed by atoms with Crippen LogP contribution in [0.15, 0.2) is 53.6 Å². The van der Waals surface area contributed by atoms with Gasteiger partial charge in [0, 0.05) is 24.3 Å². The van der Waals surface area contributed by atoms with Gasteiger partial charge in [0.15, 0.2) is 0 Å². The minimum absolute atomic E-state index is 0.208. The van der Waals surface area contributed by atoms with Crippen molar-refractivity contribution >= 4 is 17.8 Å². The number of carbonyl (C=O) groups excluding carboxylic acids is 1. The lowest BCUT2D eigenvalue weighted by molar-refractivity contribution is 0.0955. The van der Waals surface area contributed by atoms with Gasteiger partial charge in [-0.2, -0.15) is 5.10 Å². The zero-order chi connectivity index (χ0) is 16.7. The zero-order valence-corrected chi connectivity index (χ0v) is 13.9. The van der Waals surface area contributed by atoms with Gasteiger partial charge in [0.05, 0.1) is 6.21 Å². The minimum atomic E-state index is -0.208. The van der Waals surface area contributed by atoms with Crippen molar-refractivity contribution in [2.45, 2.75) is 20.8 Å². The Labute approximate surface area is 137 Å². The van der Waals surface area contributed by atoms with Crippen molar-refractivity contribution in [1.29, 1.82) is 0 Å². The monoisotopic (exact) mass is 309 g/mol. The van der Waals surface area contributed by atoms with E-state index >= 15 is 0 Å². The Morgan fingerprint density at radius 1 is 1.13 bits per heavy atom. The molecule has 0 heterocycles. The second kappa shape index (κ2) is 8.13. The topological polar surface area (TPSA) is 44.7 Å². The number of anilines is 1. The van der Waals surface area contributed by atoms with Crippen LogP contribution in [0.2, 0.25) is 0 Å². The molecule has 0 atom stereocenters. The summed E-state index contributed by atoms with van der Waals surface area (Å²) in [5.41, 5.74) is 6.40. The van der Waals surface area contributed by atoms with Crippen molar-refractivity contribution in [2.24, 2.45) is 5.10 Å². The van der Waals surface area contributed by atoms with Crippen LogP contribution in [0.25, 0.3) is 0 Å². The molecule has 0 fully saturated rings. The first-order chi connectivity index (χ1) is 11.1. The molecule has 2 aromatic carbocycles. The highest BCUT2D eigenvalue weighted by Gasteiger charge is 2.06. The lowest BCUT2D eigenvalue weighted by Crippen LogP contribution is -2.22. The molecule has 2 rings (SSSR count). The van der Waals surface area contributed by atoms with Gasteiger partial charge in [0.25, 0.3) is 5.91 Å². The summed E-state index contributed by atoms with van der Waals surface area (Å²) in [7, 11) is 0. The molecule has 0 unspecified atom stereocenters. The van der Waals surface area contributed by atoms with E-state index in [2.05, 4.69) is 29.3 Å². The first-order valence-corrected chi connectivity index (χ1v) is 7.89. The Bertz CT molecular complexity index is 673. The minimum Gasteiger partial charge on any atom is -0.372 e. The molecular formula is C19H23N3O. The normalized spacial score (nSPS) is 10.7. The molecule has 23 heavy (non-hydrogen) atoms. The highest BCUT2D eigenvalue weighted by molar-refractivity contribution is 5.95. The van der Waals surface area contributed by atoms with E-state index in [1.54, 1.807) is 6.21 Å². The van der Waals surface area contributed by atoms with Gasteiger partial charge in [-0.05, 0) is 50.6 Å². The summed E-state index contributed by atoms with van der Waals surface area (Å²) < 4.78 is 0. The van der Waals surface area contributed by atoms with Crippen molar-refractivity contribution in [3.05, 3.63) is 65.2 Å². The van der Waals surface area contributed by atoms with E-state index in [1.807, 2.05) is 55.5 Å². The number of amides is 1. The van der Waals surface area contributed by atoms with Crippen LogP contribution in [-0.4, -0.2) is 25.2 Å². The summed E-state index contributed by atoms with van der Waals surface area (Å²) in [4.78, 5) is 14.3. The predicted molar refractivity (Wildman–Crippen MR) is 96.2 cm³/mol. The zero-order valence-electron chi connectivity index (χ0n) is 13.9. The van der Waals surface area contributed by atoms with Crippen LogP contribution < -0.4 is 10.3 Å². The molecular weight excluding hydrogens is 286 g/mol. The first-order valence-electron chi connectivity index (χ1n) is 7.89. The molecule has 0 radical (unpaired) electrons. The van der Waals surface area contributed by atoms with Gasteiger partial charge in [-0.15, -0.1) is 0 Å². The summed E-state index contributed by atoms with van der Waals surface area (Å²) in [5, 5.41) is 4.01. The van der Waals surface area contributed by atoms with E-state index in [0.29, 0.717) is 5.56 Å². The van der Waals surface area contributed by atoms with Gasteiger partial charge in [0.2, 0.25) is 0 Å². The lowest BCUT2D eigenvalue weighted by Gasteiger charge is -2.20. The number of hydrogen-bond donors (Lipinski definition) is 1. The van der Waals surface area contributed by atoms with Gasteiger partial charge < -0.3 is 4.90 Å². The Kier molecular flexibility index (Phi) is 5.92. The van der Waals surface area contributed by atoms with Crippen LogP contribution in [0.5, 0.6) is 0 Å². The maximum atomic E-state index is 12.1. The predicted octanol–water partition coefficient (Wildman–Crippen LogP) is 3.61. The largest absolute Gasteiger partial charge is 0.372 e. The second-order valence-electron chi connectivity index (χ2n) is 5.33.